The summed E-state index contributed by atoms with van der Waals surface area (Å²) in [5, 5.41) is 4.26. The van der Waals surface area contributed by atoms with Gasteiger partial charge >= 0.3 is 0 Å². The lowest BCUT2D eigenvalue weighted by Gasteiger charge is -2.09. The van der Waals surface area contributed by atoms with Gasteiger partial charge in [0.05, 0.1) is 6.04 Å². The van der Waals surface area contributed by atoms with Crippen LogP contribution in [0.1, 0.15) is 17.4 Å². The van der Waals surface area contributed by atoms with Crippen molar-refractivity contribution in [3.05, 3.63) is 45.5 Å². The largest absolute Gasteiger partial charge is 0.343 e. The van der Waals surface area contributed by atoms with Crippen LogP contribution in [0.5, 0.6) is 0 Å². The normalized spacial score (nSPS) is 12.7. The van der Waals surface area contributed by atoms with Gasteiger partial charge in [0.2, 0.25) is 6.39 Å². The van der Waals surface area contributed by atoms with E-state index in [4.69, 9.17) is 17.3 Å². The van der Waals surface area contributed by atoms with Crippen LogP contribution in [0.4, 0.5) is 0 Å². The van der Waals surface area contributed by atoms with Crippen molar-refractivity contribution in [3.8, 4) is 0 Å². The van der Waals surface area contributed by atoms with E-state index in [1.165, 1.54) is 6.39 Å². The second kappa shape index (κ2) is 4.30. The molecule has 0 spiro atoms. The number of rotatable bonds is 2. The number of nitrogens with two attached hydrogens (primary N) is 1. The summed E-state index contributed by atoms with van der Waals surface area (Å²) < 4.78 is 5.53. The van der Waals surface area contributed by atoms with Crippen LogP contribution in [-0.2, 0) is 0 Å². The molecule has 0 aliphatic carbocycles. The quantitative estimate of drug-likeness (QED) is 0.922. The summed E-state index contributed by atoms with van der Waals surface area (Å²) >= 11 is 9.37. The van der Waals surface area contributed by atoms with Gasteiger partial charge in [-0.3, -0.25) is 0 Å². The Labute approximate surface area is 99.5 Å². The van der Waals surface area contributed by atoms with Crippen LogP contribution in [0.2, 0.25) is 5.02 Å². The third kappa shape index (κ3) is 2.19. The highest BCUT2D eigenvalue weighted by molar-refractivity contribution is 9.10. The van der Waals surface area contributed by atoms with E-state index >= 15 is 0 Å². The van der Waals surface area contributed by atoms with Gasteiger partial charge in [0.15, 0.2) is 5.82 Å². The van der Waals surface area contributed by atoms with Gasteiger partial charge in [0.1, 0.15) is 0 Å². The molecule has 0 aliphatic heterocycles. The molecule has 1 aromatic carbocycles. The number of hydrogen-bond donors (Lipinski definition) is 1. The summed E-state index contributed by atoms with van der Waals surface area (Å²) in [7, 11) is 0. The first kappa shape index (κ1) is 10.6. The van der Waals surface area contributed by atoms with E-state index in [1.54, 1.807) is 6.07 Å². The van der Waals surface area contributed by atoms with Gasteiger partial charge in [-0.05, 0) is 23.8 Å². The predicted octanol–water partition coefficient (Wildman–Crippen LogP) is 2.53. The third-order valence-electron chi connectivity index (χ3n) is 1.95. The van der Waals surface area contributed by atoms with Crippen molar-refractivity contribution in [2.45, 2.75) is 6.04 Å². The molecule has 78 valence electrons. The van der Waals surface area contributed by atoms with E-state index in [-0.39, 0.29) is 0 Å². The maximum Gasteiger partial charge on any atom is 0.213 e. The highest BCUT2D eigenvalue weighted by Crippen LogP contribution is 2.27. The maximum atomic E-state index is 6.02. The molecule has 0 fully saturated rings. The van der Waals surface area contributed by atoms with Crippen molar-refractivity contribution in [2.24, 2.45) is 5.73 Å². The summed E-state index contributed by atoms with van der Waals surface area (Å²) in [5.41, 5.74) is 6.70. The lowest BCUT2D eigenvalue weighted by molar-refractivity contribution is 0.407. The standard InChI is InChI=1S/C9H7BrClN3O/c10-5-1-2-7(11)6(3-5)8(12)9-13-4-15-14-9/h1-4,8H,12H2. The minimum atomic E-state index is -0.478. The minimum absolute atomic E-state index is 0.412. The fraction of sp³-hybridized carbons (Fsp3) is 0.111. The molecule has 0 radical (unpaired) electrons. The molecule has 0 aliphatic rings. The first-order valence-corrected chi connectivity index (χ1v) is 5.32. The van der Waals surface area contributed by atoms with E-state index in [9.17, 15) is 0 Å². The van der Waals surface area contributed by atoms with Gasteiger partial charge < -0.3 is 10.3 Å². The van der Waals surface area contributed by atoms with E-state index in [0.29, 0.717) is 10.8 Å². The first-order valence-electron chi connectivity index (χ1n) is 4.15. The van der Waals surface area contributed by atoms with Gasteiger partial charge in [-0.25, -0.2) is 0 Å². The van der Waals surface area contributed by atoms with Crippen LogP contribution in [0.25, 0.3) is 0 Å². The Morgan fingerprint density at radius 3 is 2.93 bits per heavy atom. The monoisotopic (exact) mass is 287 g/mol. The molecule has 1 heterocycles. The smallest absolute Gasteiger partial charge is 0.213 e. The Balaban J connectivity index is 2.41. The summed E-state index contributed by atoms with van der Waals surface area (Å²) in [6, 6.07) is 4.97. The van der Waals surface area contributed by atoms with Crippen molar-refractivity contribution >= 4 is 27.5 Å². The third-order valence-corrected chi connectivity index (χ3v) is 2.79. The highest BCUT2D eigenvalue weighted by Gasteiger charge is 2.16. The molecule has 0 bridgehead atoms. The van der Waals surface area contributed by atoms with Gasteiger partial charge in [0, 0.05) is 9.50 Å². The van der Waals surface area contributed by atoms with Gasteiger partial charge in [-0.1, -0.05) is 32.7 Å². The summed E-state index contributed by atoms with van der Waals surface area (Å²) in [5.74, 6) is 0.412. The fourth-order valence-electron chi connectivity index (χ4n) is 1.21. The molecular weight excluding hydrogens is 281 g/mol. The molecule has 1 atom stereocenters. The molecule has 0 saturated heterocycles. The Kier molecular flexibility index (Phi) is 3.04. The van der Waals surface area contributed by atoms with Crippen LogP contribution in [-0.4, -0.2) is 10.1 Å². The van der Waals surface area contributed by atoms with Gasteiger partial charge in [-0.2, -0.15) is 4.98 Å². The van der Waals surface area contributed by atoms with E-state index in [1.807, 2.05) is 12.1 Å². The highest BCUT2D eigenvalue weighted by atomic mass is 79.9. The summed E-state index contributed by atoms with van der Waals surface area (Å²) in [4.78, 5) is 3.89. The zero-order chi connectivity index (χ0) is 10.8. The molecular formula is C9H7BrClN3O. The summed E-state index contributed by atoms with van der Waals surface area (Å²) in [6.45, 7) is 0. The van der Waals surface area contributed by atoms with Crippen molar-refractivity contribution < 1.29 is 4.52 Å². The molecule has 0 amide bonds. The van der Waals surface area contributed by atoms with Crippen molar-refractivity contribution in [1.82, 2.24) is 10.1 Å². The Morgan fingerprint density at radius 2 is 2.27 bits per heavy atom. The van der Waals surface area contributed by atoms with Crippen molar-refractivity contribution in [3.63, 3.8) is 0 Å². The molecule has 1 aromatic heterocycles. The SMILES string of the molecule is NC(c1ncon1)c1cc(Br)ccc1Cl. The Morgan fingerprint density at radius 1 is 1.47 bits per heavy atom. The molecule has 4 nitrogen and oxygen atoms in total. The van der Waals surface area contributed by atoms with Gasteiger partial charge in [0.25, 0.3) is 0 Å². The zero-order valence-electron chi connectivity index (χ0n) is 7.52. The van der Waals surface area contributed by atoms with Gasteiger partial charge in [-0.15, -0.1) is 0 Å². The lowest BCUT2D eigenvalue weighted by atomic mass is 10.1. The van der Waals surface area contributed by atoms with E-state index < -0.39 is 6.04 Å². The molecule has 0 saturated carbocycles. The molecule has 6 heteroatoms. The summed E-state index contributed by atoms with van der Waals surface area (Å²) in [6.07, 6.45) is 1.24. The molecule has 2 aromatic rings. The first-order chi connectivity index (χ1) is 7.18. The molecule has 2 N–H and O–H groups in total. The minimum Gasteiger partial charge on any atom is -0.343 e. The number of aromatic nitrogens is 2. The Bertz CT molecular complexity index is 460. The number of hydrogen-bond acceptors (Lipinski definition) is 4. The van der Waals surface area contributed by atoms with Crippen LogP contribution in [0.15, 0.2) is 33.6 Å². The number of nitrogens with zero attached hydrogens (tertiary/aromatic N) is 2. The van der Waals surface area contributed by atoms with Crippen molar-refractivity contribution in [1.29, 1.82) is 0 Å². The van der Waals surface area contributed by atoms with E-state index in [2.05, 4.69) is 30.6 Å². The van der Waals surface area contributed by atoms with E-state index in [0.717, 1.165) is 10.0 Å². The maximum absolute atomic E-state index is 6.02. The van der Waals surface area contributed by atoms with Crippen molar-refractivity contribution in [2.75, 3.05) is 0 Å². The van der Waals surface area contributed by atoms with Crippen LogP contribution in [0, 0.1) is 0 Å². The topological polar surface area (TPSA) is 64.9 Å². The fourth-order valence-corrected chi connectivity index (χ4v) is 1.82. The molecule has 2 rings (SSSR count). The second-order valence-electron chi connectivity index (χ2n) is 2.93. The average molecular weight is 289 g/mol. The van der Waals surface area contributed by atoms with Crippen LogP contribution >= 0.6 is 27.5 Å². The number of halogens is 2. The number of benzene rings is 1. The van der Waals surface area contributed by atoms with Crippen LogP contribution in [0.3, 0.4) is 0 Å². The zero-order valence-corrected chi connectivity index (χ0v) is 9.86. The molecule has 1 unspecified atom stereocenters. The predicted molar refractivity (Wildman–Crippen MR) is 59.5 cm³/mol. The van der Waals surface area contributed by atoms with Crippen LogP contribution < -0.4 is 5.73 Å². The lowest BCUT2D eigenvalue weighted by Crippen LogP contribution is -2.14. The second-order valence-corrected chi connectivity index (χ2v) is 4.26. The Hall–Kier alpha value is -0.910. The molecule has 15 heavy (non-hydrogen) atoms. The average Bonchev–Trinajstić information content (AvgIpc) is 2.74.